The summed E-state index contributed by atoms with van der Waals surface area (Å²) >= 11 is 12.7. The molecule has 0 radical (unpaired) electrons. The first-order chi connectivity index (χ1) is 30.5. The number of hydrogen-bond acceptors (Lipinski definition) is 8. The number of carbonyl (C=O) groups excluding carboxylic acids is 5. The molecule has 7 rings (SSSR count). The van der Waals surface area contributed by atoms with Crippen LogP contribution in [0, 0.1) is 34.4 Å². The summed E-state index contributed by atoms with van der Waals surface area (Å²) in [4.78, 5) is 66.6. The van der Waals surface area contributed by atoms with Crippen LogP contribution in [0.5, 0.6) is 5.75 Å². The van der Waals surface area contributed by atoms with Gasteiger partial charge in [0.25, 0.3) is 11.8 Å². The molecular weight excluding hydrogens is 858 g/mol. The maximum absolute atomic E-state index is 16.0. The maximum Gasteiger partial charge on any atom is 0.255 e. The van der Waals surface area contributed by atoms with Crippen molar-refractivity contribution in [3.05, 3.63) is 128 Å². The lowest BCUT2D eigenvalue weighted by Gasteiger charge is -2.37. The van der Waals surface area contributed by atoms with Gasteiger partial charge in [0.2, 0.25) is 17.7 Å². The summed E-state index contributed by atoms with van der Waals surface area (Å²) in [6.45, 7) is 6.57. The number of imide groups is 1. The molecule has 3 heterocycles. The van der Waals surface area contributed by atoms with Crippen molar-refractivity contribution < 1.29 is 33.1 Å². The highest BCUT2D eigenvalue weighted by Gasteiger charge is 2.60. The van der Waals surface area contributed by atoms with Gasteiger partial charge in [0.05, 0.1) is 24.9 Å². The highest BCUT2D eigenvalue weighted by atomic mass is 35.5. The number of amides is 5. The first-order valence-electron chi connectivity index (χ1n) is 21.0. The molecule has 3 aliphatic heterocycles. The zero-order valence-corrected chi connectivity index (χ0v) is 37.3. The molecule has 0 saturated carbocycles. The first kappa shape index (κ1) is 45.8. The highest BCUT2D eigenvalue weighted by molar-refractivity contribution is 6.31. The normalized spacial score (nSPS) is 21.6. The van der Waals surface area contributed by atoms with Gasteiger partial charge in [0.15, 0.2) is 0 Å². The van der Waals surface area contributed by atoms with Gasteiger partial charge in [-0.25, -0.2) is 4.39 Å². The third kappa shape index (κ3) is 9.34. The fraction of sp³-hybridized carbons (Fsp3) is 0.347. The molecule has 3 aliphatic rings. The number of nitrogens with one attached hydrogen (secondary N) is 4. The monoisotopic (exact) mass is 904 g/mol. The van der Waals surface area contributed by atoms with Crippen molar-refractivity contribution in [3.63, 3.8) is 0 Å². The number of rotatable bonds is 11. The van der Waals surface area contributed by atoms with Crippen molar-refractivity contribution in [1.82, 2.24) is 20.9 Å². The summed E-state index contributed by atoms with van der Waals surface area (Å²) in [6.07, 6.45) is 1.83. The number of piperidine rings is 1. The number of hydrogen-bond donors (Lipinski definition) is 4. The van der Waals surface area contributed by atoms with Gasteiger partial charge < -0.3 is 25.6 Å². The number of fused-ring (bicyclic) bond motifs is 1. The average molecular weight is 906 g/mol. The fourth-order valence-electron chi connectivity index (χ4n) is 9.01. The lowest BCUT2D eigenvalue weighted by atomic mass is 9.62. The predicted octanol–water partition coefficient (Wildman–Crippen LogP) is 7.42. The van der Waals surface area contributed by atoms with Gasteiger partial charge in [0.1, 0.15) is 23.0 Å². The molecule has 12 nitrogen and oxygen atoms in total. The highest BCUT2D eigenvalue weighted by Crippen LogP contribution is 2.52. The Morgan fingerprint density at radius 1 is 1.02 bits per heavy atom. The topological polar surface area (TPSA) is 170 Å². The van der Waals surface area contributed by atoms with Gasteiger partial charge >= 0.3 is 0 Å². The van der Waals surface area contributed by atoms with Crippen LogP contribution < -0.4 is 26.0 Å². The van der Waals surface area contributed by atoms with Gasteiger partial charge in [-0.1, -0.05) is 80.1 Å². The van der Waals surface area contributed by atoms with E-state index >= 15 is 4.39 Å². The van der Waals surface area contributed by atoms with Crippen LogP contribution in [-0.2, 0) is 26.3 Å². The van der Waals surface area contributed by atoms with Gasteiger partial charge in [0, 0.05) is 70.2 Å². The second-order valence-electron chi connectivity index (χ2n) is 17.4. The van der Waals surface area contributed by atoms with Crippen LogP contribution in [0.25, 0.3) is 0 Å². The minimum Gasteiger partial charge on any atom is -0.495 e. The molecule has 4 aromatic rings. The van der Waals surface area contributed by atoms with E-state index in [4.69, 9.17) is 27.9 Å². The lowest BCUT2D eigenvalue weighted by Crippen LogP contribution is -2.52. The number of anilines is 1. The molecule has 330 valence electrons. The molecule has 2 fully saturated rings. The Bertz CT molecular complexity index is 2650. The van der Waals surface area contributed by atoms with Crippen LogP contribution in [0.1, 0.15) is 102 Å². The summed E-state index contributed by atoms with van der Waals surface area (Å²) in [5.74, 6) is 2.93. The van der Waals surface area contributed by atoms with Crippen LogP contribution in [0.3, 0.4) is 0 Å². The van der Waals surface area contributed by atoms with Crippen molar-refractivity contribution in [3.8, 4) is 23.7 Å². The number of benzene rings is 4. The summed E-state index contributed by atoms with van der Waals surface area (Å²) in [5, 5.41) is 23.3. The fourth-order valence-corrected chi connectivity index (χ4v) is 9.37. The minimum atomic E-state index is -1.57. The Morgan fingerprint density at radius 2 is 1.78 bits per heavy atom. The molecule has 0 aliphatic carbocycles. The third-order valence-corrected chi connectivity index (χ3v) is 12.4. The molecule has 15 heteroatoms. The van der Waals surface area contributed by atoms with Crippen molar-refractivity contribution in [2.24, 2.45) is 5.41 Å². The number of carbonyl (C=O) groups is 5. The molecule has 5 atom stereocenters. The van der Waals surface area contributed by atoms with Gasteiger partial charge in [-0.05, 0) is 90.4 Å². The number of methoxy groups -OCH3 is 1. The van der Waals surface area contributed by atoms with Crippen LogP contribution in [0.4, 0.5) is 10.1 Å². The molecule has 64 heavy (non-hydrogen) atoms. The molecule has 1 unspecified atom stereocenters. The van der Waals surface area contributed by atoms with Crippen LogP contribution >= 0.6 is 23.2 Å². The van der Waals surface area contributed by atoms with Crippen LogP contribution in [0.2, 0.25) is 10.0 Å². The third-order valence-electron chi connectivity index (χ3n) is 11.9. The van der Waals surface area contributed by atoms with E-state index in [0.717, 1.165) is 5.56 Å². The molecule has 5 amide bonds. The van der Waals surface area contributed by atoms with Crippen molar-refractivity contribution in [1.29, 1.82) is 5.26 Å². The van der Waals surface area contributed by atoms with Crippen LogP contribution in [0.15, 0.2) is 78.9 Å². The summed E-state index contributed by atoms with van der Waals surface area (Å²) in [7, 11) is 1.42. The number of nitriles is 1. The Balaban J connectivity index is 1.03. The largest absolute Gasteiger partial charge is 0.495 e. The van der Waals surface area contributed by atoms with E-state index in [2.05, 4.69) is 39.2 Å². The number of unbranched alkanes of at least 4 members (excludes halogenated alkanes) is 1. The number of halogens is 3. The molecule has 0 spiro atoms. The second-order valence-corrected chi connectivity index (χ2v) is 18.3. The summed E-state index contributed by atoms with van der Waals surface area (Å²) in [6, 6.07) is 21.0. The molecule has 4 N–H and O–H groups in total. The molecule has 2 saturated heterocycles. The van der Waals surface area contributed by atoms with E-state index in [-0.39, 0.29) is 70.1 Å². The standard InChI is InChI=1S/C49H47Cl2FN6O6/c1-48(2,3)25-40-49(27-53,35-17-16-32(51)24-36(35)52)42(29-12-8-13-31(50)22-29)43(56-40)46(62)55-37-18-15-30(23-39(37)64-4)44(60)54-21-7-5-6-10-28-11-9-14-33-34(28)26-58(47(33)63)38-19-20-41(59)57-45(38)61/h8-9,11-18,22-24,38,40,42-43,56H,5,7,19-21,25-26H2,1-4H3,(H,54,60)(H,55,62)(H,57,59,61)/t38?,40-,42-,43+,49-/m0/s1. The van der Waals surface area contributed by atoms with Gasteiger partial charge in [-0.2, -0.15) is 5.26 Å². The van der Waals surface area contributed by atoms with E-state index in [0.29, 0.717) is 47.5 Å². The second kappa shape index (κ2) is 18.8. The van der Waals surface area contributed by atoms with Crippen molar-refractivity contribution in [2.75, 3.05) is 19.0 Å². The van der Waals surface area contributed by atoms with Crippen molar-refractivity contribution >= 4 is 58.4 Å². The van der Waals surface area contributed by atoms with Crippen molar-refractivity contribution in [2.45, 2.75) is 88.9 Å². The molecular formula is C49H47Cl2FN6O6. The molecule has 0 bridgehead atoms. The van der Waals surface area contributed by atoms with E-state index in [1.807, 2.05) is 26.8 Å². The van der Waals surface area contributed by atoms with E-state index in [9.17, 15) is 29.2 Å². The molecule has 4 aromatic carbocycles. The first-order valence-corrected chi connectivity index (χ1v) is 21.7. The summed E-state index contributed by atoms with van der Waals surface area (Å²) in [5.41, 5.74) is 1.23. The Kier molecular flexibility index (Phi) is 13.5. The minimum absolute atomic E-state index is 0.110. The molecule has 0 aromatic heterocycles. The SMILES string of the molecule is COc1cc(C(=O)NCCCC#Cc2cccc3c2CN(C2CCC(=O)NC2=O)C3=O)ccc1NC(=O)[C@@H]1N[C@@H](CC(C)(C)C)[C@](C#N)(c2ccc(Cl)cc2F)[C@H]1c1cccc(Cl)c1. The van der Waals surface area contributed by atoms with E-state index < -0.39 is 47.1 Å². The quantitative estimate of drug-likeness (QED) is 0.0685. The smallest absolute Gasteiger partial charge is 0.255 e. The number of ether oxygens (including phenoxy) is 1. The van der Waals surface area contributed by atoms with E-state index in [1.54, 1.807) is 48.5 Å². The zero-order chi connectivity index (χ0) is 45.9. The summed E-state index contributed by atoms with van der Waals surface area (Å²) < 4.78 is 21.7. The van der Waals surface area contributed by atoms with E-state index in [1.165, 1.54) is 36.3 Å². The number of nitrogens with zero attached hydrogens (tertiary/aromatic N) is 2. The Labute approximate surface area is 381 Å². The predicted molar refractivity (Wildman–Crippen MR) is 240 cm³/mol. The lowest BCUT2D eigenvalue weighted by molar-refractivity contribution is -0.137. The Morgan fingerprint density at radius 3 is 2.48 bits per heavy atom. The maximum atomic E-state index is 16.0. The zero-order valence-electron chi connectivity index (χ0n) is 35.7. The van der Waals surface area contributed by atoms with Gasteiger partial charge in [-0.15, -0.1) is 0 Å². The van der Waals surface area contributed by atoms with Gasteiger partial charge in [-0.3, -0.25) is 29.3 Å². The van der Waals surface area contributed by atoms with Crippen LogP contribution in [-0.4, -0.2) is 66.2 Å². The Hall–Kier alpha value is -6.25. The average Bonchev–Trinajstić information content (AvgIpc) is 3.76.